The first-order valence-electron chi connectivity index (χ1n) is 3.94. The number of nitrogens with one attached hydrogen (secondary N) is 1. The monoisotopic (exact) mass is 179 g/mol. The molecule has 12 heavy (non-hydrogen) atoms. The van der Waals surface area contributed by atoms with Gasteiger partial charge < -0.3 is 4.98 Å². The molecule has 0 aliphatic heterocycles. The molecule has 2 rings (SSSR count). The van der Waals surface area contributed by atoms with Gasteiger partial charge in [-0.2, -0.15) is 0 Å². The van der Waals surface area contributed by atoms with Crippen LogP contribution in [0.5, 0.6) is 0 Å². The summed E-state index contributed by atoms with van der Waals surface area (Å²) in [5.41, 5.74) is 3.61. The Morgan fingerprint density at radius 2 is 2.25 bits per heavy atom. The number of aryl methyl sites for hydroxylation is 1. The Bertz CT molecular complexity index is 403. The van der Waals surface area contributed by atoms with E-state index in [4.69, 9.17) is 11.6 Å². The highest BCUT2D eigenvalue weighted by Gasteiger charge is 2.01. The predicted molar refractivity (Wildman–Crippen MR) is 52.6 cm³/mol. The number of benzene rings is 1. The summed E-state index contributed by atoms with van der Waals surface area (Å²) in [5, 5.41) is 1.24. The van der Waals surface area contributed by atoms with Crippen LogP contribution in [0.4, 0.5) is 0 Å². The van der Waals surface area contributed by atoms with E-state index in [0.717, 1.165) is 5.52 Å². The van der Waals surface area contributed by atoms with Crippen LogP contribution in [0.1, 0.15) is 11.1 Å². The maximum atomic E-state index is 5.78. The molecule has 0 saturated carbocycles. The van der Waals surface area contributed by atoms with Gasteiger partial charge in [-0.3, -0.25) is 0 Å². The average molecular weight is 180 g/mol. The molecule has 1 aromatic carbocycles. The highest BCUT2D eigenvalue weighted by Crippen LogP contribution is 2.20. The molecule has 0 saturated heterocycles. The molecule has 0 fully saturated rings. The number of H-pyrrole nitrogens is 1. The van der Waals surface area contributed by atoms with Crippen molar-refractivity contribution < 1.29 is 0 Å². The van der Waals surface area contributed by atoms with Gasteiger partial charge in [0.25, 0.3) is 0 Å². The van der Waals surface area contributed by atoms with Crippen molar-refractivity contribution in [1.29, 1.82) is 0 Å². The standard InChI is InChI=1S/C10H10ClN/c1-7-2-3-10-9(4-7)8(5-11)6-12-10/h2-4,6,12H,5H2,1H3. The lowest BCUT2D eigenvalue weighted by Crippen LogP contribution is -1.74. The molecule has 0 aliphatic carbocycles. The van der Waals surface area contributed by atoms with Crippen molar-refractivity contribution in [2.24, 2.45) is 0 Å². The molecule has 2 aromatic rings. The number of hydrogen-bond donors (Lipinski definition) is 1. The van der Waals surface area contributed by atoms with Crippen molar-refractivity contribution in [3.8, 4) is 0 Å². The summed E-state index contributed by atoms with van der Waals surface area (Å²) in [5.74, 6) is 0.573. The highest BCUT2D eigenvalue weighted by atomic mass is 35.5. The van der Waals surface area contributed by atoms with Crippen LogP contribution in [0.2, 0.25) is 0 Å². The molecule has 1 N–H and O–H groups in total. The summed E-state index contributed by atoms with van der Waals surface area (Å²) in [6.07, 6.45) is 1.97. The van der Waals surface area contributed by atoms with Crippen LogP contribution < -0.4 is 0 Å². The van der Waals surface area contributed by atoms with E-state index in [9.17, 15) is 0 Å². The van der Waals surface area contributed by atoms with E-state index in [1.807, 2.05) is 6.20 Å². The van der Waals surface area contributed by atoms with Crippen molar-refractivity contribution in [3.05, 3.63) is 35.5 Å². The third kappa shape index (κ3) is 1.10. The van der Waals surface area contributed by atoms with E-state index >= 15 is 0 Å². The number of aromatic amines is 1. The zero-order valence-corrected chi connectivity index (χ0v) is 7.65. The summed E-state index contributed by atoms with van der Waals surface area (Å²) in [4.78, 5) is 3.18. The summed E-state index contributed by atoms with van der Waals surface area (Å²) in [6, 6.07) is 6.33. The first kappa shape index (κ1) is 7.69. The molecule has 1 aromatic heterocycles. The van der Waals surface area contributed by atoms with Crippen molar-refractivity contribution in [2.45, 2.75) is 12.8 Å². The minimum atomic E-state index is 0.573. The number of halogens is 1. The second-order valence-electron chi connectivity index (χ2n) is 3.00. The molecule has 0 atom stereocenters. The molecule has 0 bridgehead atoms. The van der Waals surface area contributed by atoms with Crippen LogP contribution >= 0.6 is 11.6 Å². The molecule has 0 unspecified atom stereocenters. The van der Waals surface area contributed by atoms with Crippen LogP contribution in [0.3, 0.4) is 0 Å². The Balaban J connectivity index is 2.75. The third-order valence-electron chi connectivity index (χ3n) is 2.07. The summed E-state index contributed by atoms with van der Waals surface area (Å²) < 4.78 is 0. The lowest BCUT2D eigenvalue weighted by atomic mass is 10.1. The summed E-state index contributed by atoms with van der Waals surface area (Å²) in [7, 11) is 0. The SMILES string of the molecule is Cc1ccc2[nH]cc(CCl)c2c1. The van der Waals surface area contributed by atoms with Gasteiger partial charge in [0.1, 0.15) is 0 Å². The Hall–Kier alpha value is -0.950. The van der Waals surface area contributed by atoms with Crippen molar-refractivity contribution in [3.63, 3.8) is 0 Å². The maximum Gasteiger partial charge on any atom is 0.0495 e. The van der Waals surface area contributed by atoms with Gasteiger partial charge in [0.05, 0.1) is 0 Å². The summed E-state index contributed by atoms with van der Waals surface area (Å²) in [6.45, 7) is 2.09. The maximum absolute atomic E-state index is 5.78. The van der Waals surface area contributed by atoms with Crippen LogP contribution in [-0.4, -0.2) is 4.98 Å². The fraction of sp³-hybridized carbons (Fsp3) is 0.200. The van der Waals surface area contributed by atoms with E-state index in [1.165, 1.54) is 16.5 Å². The molecule has 0 amide bonds. The van der Waals surface area contributed by atoms with Gasteiger partial charge in [0.2, 0.25) is 0 Å². The van der Waals surface area contributed by atoms with E-state index in [0.29, 0.717) is 5.88 Å². The van der Waals surface area contributed by atoms with Crippen LogP contribution in [0, 0.1) is 6.92 Å². The second-order valence-corrected chi connectivity index (χ2v) is 3.26. The van der Waals surface area contributed by atoms with Crippen LogP contribution in [-0.2, 0) is 5.88 Å². The molecule has 0 radical (unpaired) electrons. The van der Waals surface area contributed by atoms with E-state index in [-0.39, 0.29) is 0 Å². The third-order valence-corrected chi connectivity index (χ3v) is 2.35. The lowest BCUT2D eigenvalue weighted by molar-refractivity contribution is 1.39. The number of rotatable bonds is 1. The Kier molecular flexibility index (Phi) is 1.81. The minimum absolute atomic E-state index is 0.573. The lowest BCUT2D eigenvalue weighted by Gasteiger charge is -1.94. The summed E-state index contributed by atoms with van der Waals surface area (Å²) >= 11 is 5.78. The number of fused-ring (bicyclic) bond motifs is 1. The fourth-order valence-electron chi connectivity index (χ4n) is 1.40. The number of aromatic nitrogens is 1. The van der Waals surface area contributed by atoms with E-state index in [1.54, 1.807) is 0 Å². The molecular formula is C10H10ClN. The minimum Gasteiger partial charge on any atom is -0.361 e. The Morgan fingerprint density at radius 1 is 1.42 bits per heavy atom. The van der Waals surface area contributed by atoms with Gasteiger partial charge in [-0.15, -0.1) is 11.6 Å². The normalized spacial score (nSPS) is 10.8. The smallest absolute Gasteiger partial charge is 0.0495 e. The Morgan fingerprint density at radius 3 is 3.00 bits per heavy atom. The fourth-order valence-corrected chi connectivity index (χ4v) is 1.62. The highest BCUT2D eigenvalue weighted by molar-refractivity contribution is 6.18. The van der Waals surface area contributed by atoms with Crippen LogP contribution in [0.25, 0.3) is 10.9 Å². The topological polar surface area (TPSA) is 15.8 Å². The van der Waals surface area contributed by atoms with Gasteiger partial charge in [-0.25, -0.2) is 0 Å². The Labute approximate surface area is 76.4 Å². The van der Waals surface area contributed by atoms with Crippen molar-refractivity contribution in [2.75, 3.05) is 0 Å². The van der Waals surface area contributed by atoms with E-state index in [2.05, 4.69) is 30.1 Å². The van der Waals surface area contributed by atoms with E-state index < -0.39 is 0 Å². The predicted octanol–water partition coefficient (Wildman–Crippen LogP) is 3.22. The van der Waals surface area contributed by atoms with Gasteiger partial charge >= 0.3 is 0 Å². The van der Waals surface area contributed by atoms with Crippen molar-refractivity contribution in [1.82, 2.24) is 4.98 Å². The molecular weight excluding hydrogens is 170 g/mol. The molecule has 0 spiro atoms. The average Bonchev–Trinajstić information content (AvgIpc) is 2.46. The van der Waals surface area contributed by atoms with Gasteiger partial charge in [-0.1, -0.05) is 11.6 Å². The quantitative estimate of drug-likeness (QED) is 0.647. The van der Waals surface area contributed by atoms with Gasteiger partial charge in [-0.05, 0) is 24.6 Å². The first-order chi connectivity index (χ1) is 5.81. The first-order valence-corrected chi connectivity index (χ1v) is 4.47. The number of alkyl halides is 1. The second kappa shape index (κ2) is 2.83. The largest absolute Gasteiger partial charge is 0.361 e. The molecule has 1 nitrogen and oxygen atoms in total. The molecule has 1 heterocycles. The number of hydrogen-bond acceptors (Lipinski definition) is 0. The zero-order chi connectivity index (χ0) is 8.55. The van der Waals surface area contributed by atoms with Crippen molar-refractivity contribution >= 4 is 22.5 Å². The molecule has 62 valence electrons. The molecule has 0 aliphatic rings. The zero-order valence-electron chi connectivity index (χ0n) is 6.89. The van der Waals surface area contributed by atoms with Crippen LogP contribution in [0.15, 0.2) is 24.4 Å². The van der Waals surface area contributed by atoms with Gasteiger partial charge in [0.15, 0.2) is 0 Å². The molecule has 2 heteroatoms. The van der Waals surface area contributed by atoms with Gasteiger partial charge in [0, 0.05) is 23.0 Å².